The van der Waals surface area contributed by atoms with Crippen molar-refractivity contribution in [1.29, 1.82) is 0 Å². The zero-order valence-corrected chi connectivity index (χ0v) is 8.15. The molecule has 1 aliphatic heterocycles. The van der Waals surface area contributed by atoms with E-state index in [0.29, 0.717) is 0 Å². The number of nitrogens with zero attached hydrogens (tertiary/aromatic N) is 3. The Morgan fingerprint density at radius 3 is 3.18 bits per heavy atom. The summed E-state index contributed by atoms with van der Waals surface area (Å²) < 4.78 is 4.27. The van der Waals surface area contributed by atoms with Crippen molar-refractivity contribution in [3.05, 3.63) is 12.0 Å². The van der Waals surface area contributed by atoms with Gasteiger partial charge in [-0.15, -0.1) is 0 Å². The average molecular weight is 264 g/mol. The molecule has 60 valence electrons. The van der Waals surface area contributed by atoms with Crippen LogP contribution in [0.2, 0.25) is 0 Å². The van der Waals surface area contributed by atoms with Gasteiger partial charge in [-0.3, -0.25) is 0 Å². The molecule has 1 aromatic heterocycles. The van der Waals surface area contributed by atoms with Crippen LogP contribution in [0.15, 0.2) is 6.20 Å². The van der Waals surface area contributed by atoms with Gasteiger partial charge in [0.15, 0.2) is 0 Å². The third-order valence-electron chi connectivity index (χ3n) is 1.85. The molecule has 0 amide bonds. The number of aromatic nitrogens is 2. The quantitative estimate of drug-likeness (QED) is 0.552. The van der Waals surface area contributed by atoms with Gasteiger partial charge >= 0.3 is 0 Å². The van der Waals surface area contributed by atoms with Crippen LogP contribution in [0.5, 0.6) is 0 Å². The maximum atomic E-state index is 5.69. The van der Waals surface area contributed by atoms with Crippen LogP contribution in [0.1, 0.15) is 5.82 Å². The van der Waals surface area contributed by atoms with Gasteiger partial charge in [0.1, 0.15) is 11.6 Å². The Balaban J connectivity index is 2.36. The molecule has 2 heterocycles. The summed E-state index contributed by atoms with van der Waals surface area (Å²) >= 11 is 2.30. The summed E-state index contributed by atoms with van der Waals surface area (Å²) in [5.74, 6) is 1.85. The Hall–Kier alpha value is -0.300. The molecular weight excluding hydrogens is 255 g/mol. The van der Waals surface area contributed by atoms with E-state index in [9.17, 15) is 0 Å². The highest BCUT2D eigenvalue weighted by molar-refractivity contribution is 14.1. The molecule has 0 aromatic carbocycles. The second-order valence-electron chi connectivity index (χ2n) is 2.60. The second-order valence-corrected chi connectivity index (χ2v) is 3.96. The number of fused-ring (bicyclic) bond motifs is 1. The number of rotatable bonds is 0. The minimum atomic E-state index is 0.782. The fourth-order valence-electron chi connectivity index (χ4n) is 1.25. The van der Waals surface area contributed by atoms with Gasteiger partial charge in [-0.05, 0) is 0 Å². The monoisotopic (exact) mass is 264 g/mol. The maximum Gasteiger partial charge on any atom is 0.125 e. The average Bonchev–Trinajstić information content (AvgIpc) is 2.32. The maximum absolute atomic E-state index is 5.69. The van der Waals surface area contributed by atoms with Crippen molar-refractivity contribution in [2.45, 2.75) is 13.1 Å². The normalized spacial score (nSPS) is 18.3. The Bertz CT molecular complexity index is 270. The first-order chi connectivity index (χ1) is 5.27. The van der Waals surface area contributed by atoms with Crippen molar-refractivity contribution in [3.63, 3.8) is 0 Å². The molecule has 0 spiro atoms. The minimum Gasteiger partial charge on any atom is -0.384 e. The van der Waals surface area contributed by atoms with Crippen LogP contribution in [0.25, 0.3) is 0 Å². The SMILES string of the molecule is Nc1cnc2n1CCN(I)C2. The van der Waals surface area contributed by atoms with Gasteiger partial charge in [0.25, 0.3) is 0 Å². The van der Waals surface area contributed by atoms with Crippen LogP contribution in [0, 0.1) is 0 Å². The number of nitrogens with two attached hydrogens (primary N) is 1. The van der Waals surface area contributed by atoms with Gasteiger partial charge < -0.3 is 10.3 Å². The molecule has 11 heavy (non-hydrogen) atoms. The van der Waals surface area contributed by atoms with E-state index in [2.05, 4.69) is 35.5 Å². The molecule has 5 heteroatoms. The number of nitrogen functional groups attached to an aromatic ring is 1. The zero-order chi connectivity index (χ0) is 7.84. The molecule has 0 saturated heterocycles. The molecule has 2 rings (SSSR count). The van der Waals surface area contributed by atoms with Crippen LogP contribution >= 0.6 is 22.9 Å². The van der Waals surface area contributed by atoms with Crippen molar-refractivity contribution in [3.8, 4) is 0 Å². The zero-order valence-electron chi connectivity index (χ0n) is 6.00. The third kappa shape index (κ3) is 1.22. The highest BCUT2D eigenvalue weighted by Crippen LogP contribution is 2.17. The van der Waals surface area contributed by atoms with Gasteiger partial charge in [-0.2, -0.15) is 0 Å². The fraction of sp³-hybridized carbons (Fsp3) is 0.500. The minimum absolute atomic E-state index is 0.782. The first-order valence-corrected chi connectivity index (χ1v) is 4.44. The number of hydrogen-bond donors (Lipinski definition) is 1. The van der Waals surface area contributed by atoms with Gasteiger partial charge in [-0.1, -0.05) is 0 Å². The molecule has 2 N–H and O–H groups in total. The standard InChI is InChI=1S/C6H9IN4/c7-10-1-2-11-5(8)3-9-6(11)4-10/h3H,1-2,4,8H2. The van der Waals surface area contributed by atoms with Crippen LogP contribution in [0.3, 0.4) is 0 Å². The lowest BCUT2D eigenvalue weighted by molar-refractivity contribution is 0.397. The van der Waals surface area contributed by atoms with Crippen LogP contribution in [0.4, 0.5) is 5.82 Å². The van der Waals surface area contributed by atoms with Gasteiger partial charge in [0, 0.05) is 36.0 Å². The van der Waals surface area contributed by atoms with Crippen molar-refractivity contribution in [2.24, 2.45) is 0 Å². The first kappa shape index (κ1) is 7.35. The molecular formula is C6H9IN4. The predicted octanol–water partition coefficient (Wildman–Crippen LogP) is 0.631. The Morgan fingerprint density at radius 2 is 2.36 bits per heavy atom. The Kier molecular flexibility index (Phi) is 1.76. The second kappa shape index (κ2) is 2.63. The van der Waals surface area contributed by atoms with E-state index in [4.69, 9.17) is 5.73 Å². The lowest BCUT2D eigenvalue weighted by Gasteiger charge is -2.21. The summed E-state index contributed by atoms with van der Waals surface area (Å²) in [4.78, 5) is 4.20. The Morgan fingerprint density at radius 1 is 1.55 bits per heavy atom. The molecule has 0 unspecified atom stereocenters. The summed E-state index contributed by atoms with van der Waals surface area (Å²) in [6, 6.07) is 0. The van der Waals surface area contributed by atoms with Gasteiger partial charge in [0.2, 0.25) is 0 Å². The third-order valence-corrected chi connectivity index (χ3v) is 2.67. The van der Waals surface area contributed by atoms with E-state index in [1.807, 2.05) is 0 Å². The summed E-state index contributed by atoms with van der Waals surface area (Å²) in [6.07, 6.45) is 1.73. The number of halogens is 1. The van der Waals surface area contributed by atoms with Crippen LogP contribution in [-0.4, -0.2) is 19.2 Å². The molecule has 0 fully saturated rings. The van der Waals surface area contributed by atoms with Gasteiger partial charge in [-0.25, -0.2) is 8.10 Å². The van der Waals surface area contributed by atoms with Crippen LogP contribution < -0.4 is 5.73 Å². The van der Waals surface area contributed by atoms with Gasteiger partial charge in [0.05, 0.1) is 12.7 Å². The van der Waals surface area contributed by atoms with E-state index in [1.54, 1.807) is 6.20 Å². The summed E-state index contributed by atoms with van der Waals surface area (Å²) in [6.45, 7) is 2.91. The van der Waals surface area contributed by atoms with E-state index in [-0.39, 0.29) is 0 Å². The summed E-state index contributed by atoms with van der Waals surface area (Å²) in [7, 11) is 0. The van der Waals surface area contributed by atoms with Crippen LogP contribution in [-0.2, 0) is 13.1 Å². The molecule has 4 nitrogen and oxygen atoms in total. The lowest BCUT2D eigenvalue weighted by atomic mass is 10.4. The highest BCUT2D eigenvalue weighted by Gasteiger charge is 2.15. The summed E-state index contributed by atoms with van der Waals surface area (Å²) in [5, 5.41) is 0. The largest absolute Gasteiger partial charge is 0.384 e. The Labute approximate surface area is 78.9 Å². The van der Waals surface area contributed by atoms with E-state index < -0.39 is 0 Å². The molecule has 1 aliphatic rings. The first-order valence-electron chi connectivity index (χ1n) is 3.48. The van der Waals surface area contributed by atoms with Crippen molar-refractivity contribution in [1.82, 2.24) is 12.7 Å². The summed E-state index contributed by atoms with van der Waals surface area (Å²) in [5.41, 5.74) is 5.69. The molecule has 0 atom stereocenters. The van der Waals surface area contributed by atoms with Crippen molar-refractivity contribution < 1.29 is 0 Å². The van der Waals surface area contributed by atoms with Crippen molar-refractivity contribution >= 4 is 28.7 Å². The van der Waals surface area contributed by atoms with E-state index >= 15 is 0 Å². The number of anilines is 1. The number of hydrogen-bond acceptors (Lipinski definition) is 3. The highest BCUT2D eigenvalue weighted by atomic mass is 127. The predicted molar refractivity (Wildman–Crippen MR) is 51.1 cm³/mol. The van der Waals surface area contributed by atoms with E-state index in [0.717, 1.165) is 31.3 Å². The molecule has 0 radical (unpaired) electrons. The smallest absolute Gasteiger partial charge is 0.125 e. The van der Waals surface area contributed by atoms with Crippen molar-refractivity contribution in [2.75, 3.05) is 12.3 Å². The molecule has 0 aliphatic carbocycles. The number of imidazole rings is 1. The molecule has 0 bridgehead atoms. The fourth-order valence-corrected chi connectivity index (χ4v) is 1.78. The van der Waals surface area contributed by atoms with E-state index in [1.165, 1.54) is 0 Å². The topological polar surface area (TPSA) is 47.1 Å². The lowest BCUT2D eigenvalue weighted by Crippen LogP contribution is -2.27. The molecule has 1 aromatic rings. The molecule has 0 saturated carbocycles.